The summed E-state index contributed by atoms with van der Waals surface area (Å²) in [6.07, 6.45) is 2.69. The number of hydrogen-bond acceptors (Lipinski definition) is 3. The van der Waals surface area contributed by atoms with Crippen molar-refractivity contribution in [3.8, 4) is 0 Å². The molecule has 0 fully saturated rings. The molecule has 0 saturated carbocycles. The van der Waals surface area contributed by atoms with Crippen molar-refractivity contribution in [3.63, 3.8) is 0 Å². The molecule has 4 nitrogen and oxygen atoms in total. The molecule has 0 aromatic carbocycles. The van der Waals surface area contributed by atoms with Crippen LogP contribution >= 0.6 is 0 Å². The Morgan fingerprint density at radius 1 is 1.26 bits per heavy atom. The van der Waals surface area contributed by atoms with Crippen molar-refractivity contribution in [2.75, 3.05) is 0 Å². The van der Waals surface area contributed by atoms with Crippen LogP contribution < -0.4 is 11.5 Å². The lowest BCUT2D eigenvalue weighted by molar-refractivity contribution is 0.342. The normalized spacial score (nSPS) is 16.8. The number of nitrogens with zero attached hydrogens (tertiary/aromatic N) is 1. The fourth-order valence-corrected chi connectivity index (χ4v) is 2.25. The van der Waals surface area contributed by atoms with Gasteiger partial charge in [-0.05, 0) is 38.0 Å². The average Bonchev–Trinajstić information content (AvgIpc) is 2.26. The first-order chi connectivity index (χ1) is 8.70. The highest BCUT2D eigenvalue weighted by molar-refractivity contribution is 6.06. The van der Waals surface area contributed by atoms with E-state index < -0.39 is 0 Å². The van der Waals surface area contributed by atoms with Gasteiger partial charge in [-0.15, -0.1) is 6.58 Å². The first kappa shape index (κ1) is 17.4. The molecule has 19 heavy (non-hydrogen) atoms. The highest BCUT2D eigenvalue weighted by Gasteiger charge is 2.20. The molecule has 0 radical (unpaired) electrons. The number of nitrogens with one attached hydrogen (secondary N) is 1. The van der Waals surface area contributed by atoms with Crippen LogP contribution in [0, 0.1) is 23.2 Å². The maximum absolute atomic E-state index is 7.51. The van der Waals surface area contributed by atoms with E-state index in [2.05, 4.69) is 32.3 Å². The monoisotopic (exact) mass is 264 g/mol. The first-order valence-electron chi connectivity index (χ1n) is 6.68. The zero-order chi connectivity index (χ0) is 15.2. The number of aliphatic imine (C=N–C) groups is 1. The quantitative estimate of drug-likeness (QED) is 0.391. The van der Waals surface area contributed by atoms with Crippen molar-refractivity contribution in [2.24, 2.45) is 34.2 Å². The number of amidine groups is 1. The Kier molecular flexibility index (Phi) is 7.12. The molecule has 2 unspecified atom stereocenters. The van der Waals surface area contributed by atoms with Gasteiger partial charge in [0.2, 0.25) is 0 Å². The van der Waals surface area contributed by atoms with Crippen LogP contribution in [0.15, 0.2) is 29.0 Å². The van der Waals surface area contributed by atoms with Gasteiger partial charge in [0, 0.05) is 5.70 Å². The minimum Gasteiger partial charge on any atom is -0.401 e. The molecule has 2 atom stereocenters. The van der Waals surface area contributed by atoms with Crippen LogP contribution in [0.1, 0.15) is 41.0 Å². The predicted molar refractivity (Wildman–Crippen MR) is 84.2 cm³/mol. The maximum Gasteiger partial charge on any atom is 0.117 e. The zero-order valence-electron chi connectivity index (χ0n) is 12.8. The van der Waals surface area contributed by atoms with E-state index in [-0.39, 0.29) is 5.84 Å². The van der Waals surface area contributed by atoms with Crippen molar-refractivity contribution >= 4 is 11.5 Å². The summed E-state index contributed by atoms with van der Waals surface area (Å²) in [5, 5.41) is 7.51. The van der Waals surface area contributed by atoms with Gasteiger partial charge in [-0.25, -0.2) is 4.99 Å². The van der Waals surface area contributed by atoms with Gasteiger partial charge >= 0.3 is 0 Å². The molecular formula is C15H28N4. The van der Waals surface area contributed by atoms with E-state index in [1.807, 2.05) is 6.08 Å². The van der Waals surface area contributed by atoms with E-state index in [9.17, 15) is 0 Å². The summed E-state index contributed by atoms with van der Waals surface area (Å²) in [6.45, 7) is 13.8. The maximum atomic E-state index is 7.51. The predicted octanol–water partition coefficient (Wildman–Crippen LogP) is 3.06. The van der Waals surface area contributed by atoms with Crippen molar-refractivity contribution < 1.29 is 0 Å². The summed E-state index contributed by atoms with van der Waals surface area (Å²) in [7, 11) is 0. The summed E-state index contributed by atoms with van der Waals surface area (Å²) >= 11 is 0. The second kappa shape index (κ2) is 7.77. The number of rotatable bonds is 6. The molecule has 0 bridgehead atoms. The van der Waals surface area contributed by atoms with E-state index in [4.69, 9.17) is 16.9 Å². The molecule has 0 rings (SSSR count). The summed E-state index contributed by atoms with van der Waals surface area (Å²) in [4.78, 5) is 4.22. The molecular weight excluding hydrogens is 236 g/mol. The third kappa shape index (κ3) is 5.73. The Hall–Kier alpha value is -1.58. The van der Waals surface area contributed by atoms with Crippen LogP contribution in [-0.4, -0.2) is 11.5 Å². The molecule has 4 heteroatoms. The number of nitrogens with two attached hydrogens (primary N) is 2. The Labute approximate surface area is 117 Å². The van der Waals surface area contributed by atoms with Gasteiger partial charge in [0.25, 0.3) is 0 Å². The topological polar surface area (TPSA) is 88.2 Å². The summed E-state index contributed by atoms with van der Waals surface area (Å²) in [5.41, 5.74) is 13.5. The van der Waals surface area contributed by atoms with Crippen molar-refractivity contribution in [2.45, 2.75) is 41.0 Å². The fraction of sp³-hybridized carbons (Fsp3) is 0.600. The van der Waals surface area contributed by atoms with E-state index in [1.54, 1.807) is 13.8 Å². The standard InChI is InChI=1S/C15H28N4/c1-7-13(9(2)3)10(4)8-14(19-12(6)17)15(18)11(5)16/h7,9-10,13,17H,1,8,16,18H2,2-6H3. The Balaban J connectivity index is 5.20. The third-order valence-electron chi connectivity index (χ3n) is 3.25. The van der Waals surface area contributed by atoms with Crippen molar-refractivity contribution in [1.82, 2.24) is 0 Å². The van der Waals surface area contributed by atoms with Crippen molar-refractivity contribution in [1.29, 1.82) is 5.41 Å². The lowest BCUT2D eigenvalue weighted by Crippen LogP contribution is -2.24. The van der Waals surface area contributed by atoms with E-state index in [0.717, 1.165) is 0 Å². The highest BCUT2D eigenvalue weighted by Crippen LogP contribution is 2.25. The van der Waals surface area contributed by atoms with Gasteiger partial charge in [0.1, 0.15) is 5.84 Å². The SMILES string of the molecule is C=CC(C(C)C)C(C)CC(=NC(C)=N)C(N)=C(C)N. The molecule has 0 aromatic heterocycles. The van der Waals surface area contributed by atoms with Crippen molar-refractivity contribution in [3.05, 3.63) is 24.0 Å². The minimum atomic E-state index is 0.242. The fourth-order valence-electron chi connectivity index (χ4n) is 2.25. The Bertz CT molecular complexity index is 387. The molecule has 0 heterocycles. The van der Waals surface area contributed by atoms with Crippen LogP contribution in [0.5, 0.6) is 0 Å². The molecule has 0 aliphatic rings. The molecule has 108 valence electrons. The lowest BCUT2D eigenvalue weighted by atomic mass is 9.81. The van der Waals surface area contributed by atoms with Gasteiger partial charge < -0.3 is 11.5 Å². The minimum absolute atomic E-state index is 0.242. The van der Waals surface area contributed by atoms with Crippen LogP contribution in [-0.2, 0) is 0 Å². The second-order valence-electron chi connectivity index (χ2n) is 5.48. The first-order valence-corrected chi connectivity index (χ1v) is 6.68. The van der Waals surface area contributed by atoms with E-state index in [1.165, 1.54) is 0 Å². The third-order valence-corrected chi connectivity index (χ3v) is 3.25. The van der Waals surface area contributed by atoms with Crippen LogP contribution in [0.2, 0.25) is 0 Å². The van der Waals surface area contributed by atoms with Crippen LogP contribution in [0.25, 0.3) is 0 Å². The smallest absolute Gasteiger partial charge is 0.117 e. The molecule has 0 spiro atoms. The lowest BCUT2D eigenvalue weighted by Gasteiger charge is -2.25. The summed E-state index contributed by atoms with van der Waals surface area (Å²) < 4.78 is 0. The molecule has 5 N–H and O–H groups in total. The molecule has 0 saturated heterocycles. The molecule has 0 aromatic rings. The van der Waals surface area contributed by atoms with Gasteiger partial charge in [0.05, 0.1) is 11.4 Å². The number of allylic oxidation sites excluding steroid dienone is 3. The Morgan fingerprint density at radius 3 is 2.11 bits per heavy atom. The Morgan fingerprint density at radius 2 is 1.79 bits per heavy atom. The van der Waals surface area contributed by atoms with Gasteiger partial charge in [-0.1, -0.05) is 26.8 Å². The van der Waals surface area contributed by atoms with E-state index >= 15 is 0 Å². The van der Waals surface area contributed by atoms with Crippen LogP contribution in [0.4, 0.5) is 0 Å². The van der Waals surface area contributed by atoms with Gasteiger partial charge in [-0.3, -0.25) is 5.41 Å². The molecule has 0 amide bonds. The largest absolute Gasteiger partial charge is 0.401 e. The summed E-state index contributed by atoms with van der Waals surface area (Å²) in [6, 6.07) is 0. The van der Waals surface area contributed by atoms with Gasteiger partial charge in [-0.2, -0.15) is 0 Å². The molecule has 0 aliphatic heterocycles. The number of hydrogen-bond donors (Lipinski definition) is 3. The summed E-state index contributed by atoms with van der Waals surface area (Å²) in [5.74, 6) is 1.50. The van der Waals surface area contributed by atoms with E-state index in [0.29, 0.717) is 41.3 Å². The van der Waals surface area contributed by atoms with Crippen LogP contribution in [0.3, 0.4) is 0 Å². The highest BCUT2D eigenvalue weighted by atomic mass is 14.9. The van der Waals surface area contributed by atoms with Gasteiger partial charge in [0.15, 0.2) is 0 Å². The zero-order valence-corrected chi connectivity index (χ0v) is 12.8. The average molecular weight is 264 g/mol. The molecule has 0 aliphatic carbocycles. The second-order valence-corrected chi connectivity index (χ2v) is 5.48.